The van der Waals surface area contributed by atoms with Gasteiger partial charge in [-0.1, -0.05) is 84.9 Å². The molecular formula is C45H27N3O3. The predicted molar refractivity (Wildman–Crippen MR) is 203 cm³/mol. The molecule has 0 N–H and O–H groups in total. The van der Waals surface area contributed by atoms with E-state index in [9.17, 15) is 0 Å². The van der Waals surface area contributed by atoms with Crippen LogP contribution in [0, 0.1) is 0 Å². The summed E-state index contributed by atoms with van der Waals surface area (Å²) in [7, 11) is 0. The van der Waals surface area contributed by atoms with Crippen molar-refractivity contribution < 1.29 is 13.3 Å². The van der Waals surface area contributed by atoms with Crippen LogP contribution in [-0.4, -0.2) is 15.0 Å². The second-order valence-electron chi connectivity index (χ2n) is 13.1. The van der Waals surface area contributed by atoms with Gasteiger partial charge in [0.2, 0.25) is 0 Å². The molecule has 11 rings (SSSR count). The predicted octanol–water partition coefficient (Wildman–Crippen LogP) is 11.9. The fourth-order valence-corrected chi connectivity index (χ4v) is 7.52. The standard InChI is InChI=1S/C45H27N3O3/c1-2-8-26(9-3-1)43-46-44(29-15-19-34-32-11-5-7-13-38(32)50-41(34)24-29)48-45(47-43)30-16-20-35-36-22-27(17-21-39(36)51-42(35)25-30)28-14-18-33-31-10-4-6-12-37(31)49-40(33)23-28/h1-14,16-18,20-25H,15,19H2. The fraction of sp³-hybridized carbons (Fsp3) is 0.0444. The van der Waals surface area contributed by atoms with E-state index in [0.29, 0.717) is 17.5 Å². The van der Waals surface area contributed by atoms with Crippen LogP contribution in [-0.2, 0) is 6.42 Å². The SMILES string of the molecule is C1=C(c2nc(-c3ccccc3)nc(-c3ccc4c(c3)oc3ccc(-c5ccc6c(c5)oc5ccccc56)cc34)n2)CCc2c1oc1ccccc21. The molecule has 4 heterocycles. The summed E-state index contributed by atoms with van der Waals surface area (Å²) in [5, 5.41) is 5.50. The lowest BCUT2D eigenvalue weighted by molar-refractivity contribution is 0.596. The first-order valence-electron chi connectivity index (χ1n) is 17.1. The zero-order chi connectivity index (χ0) is 33.5. The Labute approximate surface area is 291 Å². The second-order valence-corrected chi connectivity index (χ2v) is 13.1. The molecule has 6 aromatic carbocycles. The van der Waals surface area contributed by atoms with Crippen molar-refractivity contribution in [3.63, 3.8) is 0 Å². The lowest BCUT2D eigenvalue weighted by Gasteiger charge is -2.14. The number of aryl methyl sites for hydroxylation is 1. The molecule has 6 heteroatoms. The number of hydrogen-bond donors (Lipinski definition) is 0. The van der Waals surface area contributed by atoms with Gasteiger partial charge in [-0.3, -0.25) is 0 Å². The number of allylic oxidation sites excluding steroid dienone is 1. The topological polar surface area (TPSA) is 78.1 Å². The number of fused-ring (bicyclic) bond motifs is 9. The molecule has 1 aliphatic rings. The Morgan fingerprint density at radius 2 is 0.941 bits per heavy atom. The Bertz CT molecular complexity index is 3040. The number of benzene rings is 6. The quantitative estimate of drug-likeness (QED) is 0.187. The van der Waals surface area contributed by atoms with Gasteiger partial charge < -0.3 is 13.3 Å². The van der Waals surface area contributed by atoms with Crippen molar-refractivity contribution in [2.24, 2.45) is 0 Å². The van der Waals surface area contributed by atoms with E-state index in [0.717, 1.165) is 95.9 Å². The molecule has 0 radical (unpaired) electrons. The molecule has 4 aromatic heterocycles. The summed E-state index contributed by atoms with van der Waals surface area (Å²) >= 11 is 0. The molecule has 0 unspecified atom stereocenters. The Morgan fingerprint density at radius 3 is 1.76 bits per heavy atom. The lowest BCUT2D eigenvalue weighted by Crippen LogP contribution is -2.05. The molecule has 51 heavy (non-hydrogen) atoms. The normalized spacial score (nSPS) is 13.1. The smallest absolute Gasteiger partial charge is 0.164 e. The van der Waals surface area contributed by atoms with Gasteiger partial charge in [-0.15, -0.1) is 0 Å². The number of rotatable bonds is 4. The second kappa shape index (κ2) is 10.9. The maximum Gasteiger partial charge on any atom is 0.164 e. The zero-order valence-corrected chi connectivity index (χ0v) is 27.3. The lowest BCUT2D eigenvalue weighted by atomic mass is 9.95. The van der Waals surface area contributed by atoms with Gasteiger partial charge in [0, 0.05) is 49.2 Å². The van der Waals surface area contributed by atoms with E-state index < -0.39 is 0 Å². The molecule has 0 amide bonds. The van der Waals surface area contributed by atoms with E-state index in [1.54, 1.807) is 0 Å². The molecule has 0 fully saturated rings. The fourth-order valence-electron chi connectivity index (χ4n) is 7.52. The average molecular weight is 658 g/mol. The average Bonchev–Trinajstić information content (AvgIpc) is 3.88. The molecule has 0 atom stereocenters. The van der Waals surface area contributed by atoms with Crippen LogP contribution in [0.25, 0.3) is 100 Å². The molecule has 240 valence electrons. The van der Waals surface area contributed by atoms with Gasteiger partial charge in [-0.05, 0) is 78.6 Å². The molecular weight excluding hydrogens is 631 g/mol. The highest BCUT2D eigenvalue weighted by atomic mass is 16.3. The van der Waals surface area contributed by atoms with Crippen LogP contribution in [0.4, 0.5) is 0 Å². The summed E-state index contributed by atoms with van der Waals surface area (Å²) < 4.78 is 18.9. The van der Waals surface area contributed by atoms with Gasteiger partial charge in [0.05, 0.1) is 0 Å². The van der Waals surface area contributed by atoms with E-state index >= 15 is 0 Å². The molecule has 6 nitrogen and oxygen atoms in total. The number of para-hydroxylation sites is 2. The molecule has 0 bridgehead atoms. The van der Waals surface area contributed by atoms with Crippen LogP contribution >= 0.6 is 0 Å². The number of furan rings is 3. The van der Waals surface area contributed by atoms with Gasteiger partial charge >= 0.3 is 0 Å². The minimum Gasteiger partial charge on any atom is -0.456 e. The third kappa shape index (κ3) is 4.53. The van der Waals surface area contributed by atoms with Crippen molar-refractivity contribution in [3.8, 4) is 33.9 Å². The van der Waals surface area contributed by atoms with E-state index in [-0.39, 0.29) is 0 Å². The van der Waals surface area contributed by atoms with Gasteiger partial charge in [0.25, 0.3) is 0 Å². The molecule has 0 saturated heterocycles. The van der Waals surface area contributed by atoms with Crippen molar-refractivity contribution in [1.29, 1.82) is 0 Å². The van der Waals surface area contributed by atoms with Crippen LogP contribution in [0.1, 0.15) is 23.6 Å². The summed E-state index contributed by atoms with van der Waals surface area (Å²) in [5.74, 6) is 2.75. The van der Waals surface area contributed by atoms with Crippen molar-refractivity contribution in [3.05, 3.63) is 151 Å². The molecule has 10 aromatic rings. The number of nitrogens with zero attached hydrogens (tertiary/aromatic N) is 3. The minimum absolute atomic E-state index is 0.595. The maximum atomic E-state index is 6.43. The van der Waals surface area contributed by atoms with Gasteiger partial charge in [-0.2, -0.15) is 0 Å². The van der Waals surface area contributed by atoms with E-state index in [1.165, 1.54) is 10.9 Å². The van der Waals surface area contributed by atoms with E-state index in [4.69, 9.17) is 28.2 Å². The Hall–Kier alpha value is -6.79. The van der Waals surface area contributed by atoms with E-state index in [1.807, 2.05) is 72.8 Å². The highest BCUT2D eigenvalue weighted by Crippen LogP contribution is 2.39. The summed E-state index contributed by atoms with van der Waals surface area (Å²) in [4.78, 5) is 15.0. The number of aromatic nitrogens is 3. The monoisotopic (exact) mass is 657 g/mol. The van der Waals surface area contributed by atoms with Crippen molar-refractivity contribution in [2.45, 2.75) is 12.8 Å². The van der Waals surface area contributed by atoms with Gasteiger partial charge in [-0.25, -0.2) is 15.0 Å². The van der Waals surface area contributed by atoms with Crippen LogP contribution in [0.5, 0.6) is 0 Å². The summed E-state index contributed by atoms with van der Waals surface area (Å²) in [6, 6.07) is 45.4. The zero-order valence-electron chi connectivity index (χ0n) is 27.3. The van der Waals surface area contributed by atoms with Crippen LogP contribution in [0.2, 0.25) is 0 Å². The molecule has 1 aliphatic carbocycles. The van der Waals surface area contributed by atoms with Crippen molar-refractivity contribution in [1.82, 2.24) is 15.0 Å². The summed E-state index contributed by atoms with van der Waals surface area (Å²) in [6.45, 7) is 0. The third-order valence-electron chi connectivity index (χ3n) is 10.1. The van der Waals surface area contributed by atoms with Gasteiger partial charge in [0.1, 0.15) is 33.7 Å². The Morgan fingerprint density at radius 1 is 0.373 bits per heavy atom. The first-order valence-corrected chi connectivity index (χ1v) is 17.1. The van der Waals surface area contributed by atoms with Crippen LogP contribution in [0.15, 0.2) is 147 Å². The Balaban J connectivity index is 1.01. The van der Waals surface area contributed by atoms with Crippen molar-refractivity contribution >= 4 is 66.5 Å². The maximum absolute atomic E-state index is 6.43. The highest BCUT2D eigenvalue weighted by molar-refractivity contribution is 6.08. The number of hydrogen-bond acceptors (Lipinski definition) is 6. The van der Waals surface area contributed by atoms with Crippen molar-refractivity contribution in [2.75, 3.05) is 0 Å². The third-order valence-corrected chi connectivity index (χ3v) is 10.1. The van der Waals surface area contributed by atoms with Gasteiger partial charge in [0.15, 0.2) is 17.5 Å². The molecule has 0 aliphatic heterocycles. The largest absolute Gasteiger partial charge is 0.456 e. The van der Waals surface area contributed by atoms with Crippen LogP contribution in [0.3, 0.4) is 0 Å². The first-order chi connectivity index (χ1) is 25.2. The molecule has 0 spiro atoms. The Kier molecular flexibility index (Phi) is 5.98. The first kappa shape index (κ1) is 28.1. The summed E-state index contributed by atoms with van der Waals surface area (Å²) in [5.41, 5.74) is 10.5. The highest BCUT2D eigenvalue weighted by Gasteiger charge is 2.22. The molecule has 0 saturated carbocycles. The van der Waals surface area contributed by atoms with E-state index in [2.05, 4.69) is 66.7 Å². The summed E-state index contributed by atoms with van der Waals surface area (Å²) in [6.07, 6.45) is 3.76. The minimum atomic E-state index is 0.595. The van der Waals surface area contributed by atoms with Crippen LogP contribution < -0.4 is 0 Å².